The molecular formula is C19H42O3Si. The van der Waals surface area contributed by atoms with Gasteiger partial charge in [-0.3, -0.25) is 0 Å². The lowest BCUT2D eigenvalue weighted by Crippen LogP contribution is -2.47. The minimum atomic E-state index is -2.51. The molecule has 140 valence electrons. The van der Waals surface area contributed by atoms with Crippen molar-refractivity contribution in [3.8, 4) is 0 Å². The van der Waals surface area contributed by atoms with Gasteiger partial charge in [0.2, 0.25) is 0 Å². The topological polar surface area (TPSA) is 27.7 Å². The molecule has 0 spiro atoms. The number of unbranched alkanes of at least 4 members (excludes halogenated alkanes) is 6. The summed E-state index contributed by atoms with van der Waals surface area (Å²) < 4.78 is 18.9. The van der Waals surface area contributed by atoms with Crippen LogP contribution in [0.1, 0.15) is 92.4 Å². The van der Waals surface area contributed by atoms with Gasteiger partial charge in [0.05, 0.1) is 0 Å². The Balaban J connectivity index is 4.58. The van der Waals surface area contributed by atoms with Crippen molar-refractivity contribution in [3.05, 3.63) is 0 Å². The summed E-state index contributed by atoms with van der Waals surface area (Å²) in [6, 6.07) is 0.942. The van der Waals surface area contributed by atoms with E-state index in [-0.39, 0.29) is 0 Å². The molecule has 0 aliphatic carbocycles. The van der Waals surface area contributed by atoms with E-state index in [1.165, 1.54) is 38.5 Å². The van der Waals surface area contributed by atoms with E-state index in [2.05, 4.69) is 34.6 Å². The molecule has 0 heterocycles. The zero-order valence-corrected chi connectivity index (χ0v) is 17.5. The first-order valence-corrected chi connectivity index (χ1v) is 11.9. The standard InChI is InChI=1S/C19H42O3Si/c1-6-9-12-15-20-23(18-19(4)5,21-16-13-10-7-2)22-17-14-11-8-3/h19H,6-18H2,1-5H3. The van der Waals surface area contributed by atoms with Crippen molar-refractivity contribution in [1.82, 2.24) is 0 Å². The Morgan fingerprint density at radius 1 is 0.609 bits per heavy atom. The fourth-order valence-electron chi connectivity index (χ4n) is 2.54. The van der Waals surface area contributed by atoms with Crippen molar-refractivity contribution in [1.29, 1.82) is 0 Å². The van der Waals surface area contributed by atoms with E-state index < -0.39 is 8.80 Å². The van der Waals surface area contributed by atoms with Crippen LogP contribution in [0.3, 0.4) is 0 Å². The predicted molar refractivity (Wildman–Crippen MR) is 102 cm³/mol. The third-order valence-electron chi connectivity index (χ3n) is 3.87. The van der Waals surface area contributed by atoms with Crippen LogP contribution in [0.15, 0.2) is 0 Å². The van der Waals surface area contributed by atoms with Crippen LogP contribution in [-0.4, -0.2) is 28.6 Å². The number of hydrogen-bond acceptors (Lipinski definition) is 3. The van der Waals surface area contributed by atoms with Gasteiger partial charge < -0.3 is 13.3 Å². The van der Waals surface area contributed by atoms with Crippen LogP contribution in [0.5, 0.6) is 0 Å². The number of hydrogen-bond donors (Lipinski definition) is 0. The van der Waals surface area contributed by atoms with E-state index in [1.54, 1.807) is 0 Å². The molecule has 0 bridgehead atoms. The van der Waals surface area contributed by atoms with Crippen LogP contribution in [0.25, 0.3) is 0 Å². The van der Waals surface area contributed by atoms with Crippen LogP contribution in [-0.2, 0) is 13.3 Å². The molecule has 0 fully saturated rings. The molecule has 0 rings (SSSR count). The van der Waals surface area contributed by atoms with Crippen molar-refractivity contribution in [2.75, 3.05) is 19.8 Å². The van der Waals surface area contributed by atoms with E-state index in [1.807, 2.05) is 0 Å². The largest absolute Gasteiger partial charge is 0.501 e. The fraction of sp³-hybridized carbons (Fsp3) is 1.00. The summed E-state index contributed by atoms with van der Waals surface area (Å²) in [5.74, 6) is 0.546. The summed E-state index contributed by atoms with van der Waals surface area (Å²) in [7, 11) is -2.51. The Kier molecular flexibility index (Phi) is 15.7. The lowest BCUT2D eigenvalue weighted by atomic mass is 10.3. The lowest BCUT2D eigenvalue weighted by molar-refractivity contribution is 0.0527. The quantitative estimate of drug-likeness (QED) is 0.232. The Labute approximate surface area is 146 Å². The van der Waals surface area contributed by atoms with Gasteiger partial charge in [-0.15, -0.1) is 0 Å². The van der Waals surface area contributed by atoms with Gasteiger partial charge in [0.25, 0.3) is 0 Å². The SMILES string of the molecule is CCCCCO[Si](CC(C)C)(OCCCCC)OCCCCC. The highest BCUT2D eigenvalue weighted by Gasteiger charge is 2.41. The fourth-order valence-corrected chi connectivity index (χ4v) is 5.51. The summed E-state index contributed by atoms with van der Waals surface area (Å²) in [6.07, 6.45) is 10.7. The van der Waals surface area contributed by atoms with Crippen molar-refractivity contribution in [3.63, 3.8) is 0 Å². The first-order chi connectivity index (χ1) is 11.1. The molecule has 0 saturated heterocycles. The average molecular weight is 347 g/mol. The van der Waals surface area contributed by atoms with E-state index in [4.69, 9.17) is 13.3 Å². The molecule has 0 aromatic rings. The van der Waals surface area contributed by atoms with E-state index >= 15 is 0 Å². The Hall–Kier alpha value is 0.0969. The van der Waals surface area contributed by atoms with E-state index in [0.717, 1.165) is 45.1 Å². The first kappa shape index (κ1) is 23.1. The van der Waals surface area contributed by atoms with Crippen molar-refractivity contribution in [2.24, 2.45) is 5.92 Å². The molecule has 0 N–H and O–H groups in total. The zero-order chi connectivity index (χ0) is 17.4. The second-order valence-corrected chi connectivity index (χ2v) is 9.59. The molecule has 0 unspecified atom stereocenters. The second-order valence-electron chi connectivity index (χ2n) is 6.95. The number of rotatable bonds is 17. The molecule has 0 atom stereocenters. The van der Waals surface area contributed by atoms with Gasteiger partial charge in [0.15, 0.2) is 0 Å². The molecule has 23 heavy (non-hydrogen) atoms. The van der Waals surface area contributed by atoms with Crippen LogP contribution in [0.4, 0.5) is 0 Å². The smallest absolute Gasteiger partial charge is 0.373 e. The van der Waals surface area contributed by atoms with Crippen LogP contribution in [0.2, 0.25) is 6.04 Å². The molecule has 0 amide bonds. The maximum absolute atomic E-state index is 6.30. The van der Waals surface area contributed by atoms with Gasteiger partial charge in [-0.2, -0.15) is 0 Å². The van der Waals surface area contributed by atoms with Gasteiger partial charge >= 0.3 is 8.80 Å². The zero-order valence-electron chi connectivity index (χ0n) is 16.5. The maximum Gasteiger partial charge on any atom is 0.501 e. The Bertz CT molecular complexity index is 215. The van der Waals surface area contributed by atoms with Gasteiger partial charge in [-0.25, -0.2) is 0 Å². The van der Waals surface area contributed by atoms with E-state index in [0.29, 0.717) is 5.92 Å². The minimum Gasteiger partial charge on any atom is -0.373 e. The Morgan fingerprint density at radius 2 is 0.957 bits per heavy atom. The van der Waals surface area contributed by atoms with Crippen LogP contribution in [0, 0.1) is 5.92 Å². The molecular weight excluding hydrogens is 304 g/mol. The monoisotopic (exact) mass is 346 g/mol. The van der Waals surface area contributed by atoms with Crippen LogP contribution >= 0.6 is 0 Å². The molecule has 0 aromatic carbocycles. The highest BCUT2D eigenvalue weighted by atomic mass is 28.4. The minimum absolute atomic E-state index is 0.546. The van der Waals surface area contributed by atoms with Gasteiger partial charge in [0, 0.05) is 25.9 Å². The van der Waals surface area contributed by atoms with Crippen molar-refractivity contribution >= 4 is 8.80 Å². The van der Waals surface area contributed by atoms with E-state index in [9.17, 15) is 0 Å². The maximum atomic E-state index is 6.30. The molecule has 0 aromatic heterocycles. The first-order valence-electron chi connectivity index (χ1n) is 10.0. The van der Waals surface area contributed by atoms with Gasteiger partial charge in [-0.05, 0) is 25.2 Å². The highest BCUT2D eigenvalue weighted by molar-refractivity contribution is 6.60. The molecule has 3 nitrogen and oxygen atoms in total. The summed E-state index contributed by atoms with van der Waals surface area (Å²) >= 11 is 0. The predicted octanol–water partition coefficient (Wildman–Crippen LogP) is 6.20. The summed E-state index contributed by atoms with van der Waals surface area (Å²) in [5.41, 5.74) is 0. The van der Waals surface area contributed by atoms with Gasteiger partial charge in [0.1, 0.15) is 0 Å². The van der Waals surface area contributed by atoms with Crippen molar-refractivity contribution in [2.45, 2.75) is 98.5 Å². The molecule has 0 aliphatic heterocycles. The average Bonchev–Trinajstić information content (AvgIpc) is 2.52. The lowest BCUT2D eigenvalue weighted by Gasteiger charge is -2.31. The third-order valence-corrected chi connectivity index (χ3v) is 7.12. The molecule has 4 heteroatoms. The van der Waals surface area contributed by atoms with Gasteiger partial charge in [-0.1, -0.05) is 73.1 Å². The third kappa shape index (κ3) is 13.1. The summed E-state index contributed by atoms with van der Waals surface area (Å²) in [6.45, 7) is 13.5. The summed E-state index contributed by atoms with van der Waals surface area (Å²) in [4.78, 5) is 0. The molecule has 0 saturated carbocycles. The summed E-state index contributed by atoms with van der Waals surface area (Å²) in [5, 5.41) is 0. The highest BCUT2D eigenvalue weighted by Crippen LogP contribution is 2.23. The second kappa shape index (κ2) is 15.6. The normalized spacial score (nSPS) is 12.3. The Morgan fingerprint density at radius 3 is 1.22 bits per heavy atom. The van der Waals surface area contributed by atoms with Crippen molar-refractivity contribution < 1.29 is 13.3 Å². The molecule has 0 aliphatic rings. The van der Waals surface area contributed by atoms with Crippen LogP contribution < -0.4 is 0 Å². The molecule has 0 radical (unpaired) electrons.